The van der Waals surface area contributed by atoms with Crippen molar-refractivity contribution in [2.75, 3.05) is 44.7 Å². The number of nitrogens with one attached hydrogen (secondary N) is 1. The zero-order valence-electron chi connectivity index (χ0n) is 15.9. The standard InChI is InChI=1S/C20H27FN4OS/c1-3-22-20(23-14-16-6-7-18(21)17(13-16)15-26-2)25-10-8-24(9-11-25)19-5-4-12-27-19/h4-7,12-13H,3,8-11,14-15H2,1-2H3,(H,22,23). The Labute approximate surface area is 164 Å². The van der Waals surface area contributed by atoms with Crippen LogP contribution in [0.15, 0.2) is 40.7 Å². The second-order valence-electron chi connectivity index (χ2n) is 6.45. The molecule has 3 rings (SSSR count). The lowest BCUT2D eigenvalue weighted by atomic mass is 10.1. The Bertz CT molecular complexity index is 742. The Morgan fingerprint density at radius 3 is 2.74 bits per heavy atom. The predicted octanol–water partition coefficient (Wildman–Crippen LogP) is 3.32. The number of guanidine groups is 1. The van der Waals surface area contributed by atoms with Gasteiger partial charge >= 0.3 is 0 Å². The first-order valence-corrected chi connectivity index (χ1v) is 10.2. The van der Waals surface area contributed by atoms with Crippen LogP contribution in [0.3, 0.4) is 0 Å². The van der Waals surface area contributed by atoms with Gasteiger partial charge in [-0.1, -0.05) is 6.07 Å². The maximum Gasteiger partial charge on any atom is 0.194 e. The van der Waals surface area contributed by atoms with Crippen LogP contribution in [0.2, 0.25) is 0 Å². The van der Waals surface area contributed by atoms with Crippen molar-refractivity contribution in [2.45, 2.75) is 20.1 Å². The molecular formula is C20H27FN4OS. The maximum absolute atomic E-state index is 13.8. The van der Waals surface area contributed by atoms with Crippen LogP contribution in [-0.4, -0.2) is 50.7 Å². The van der Waals surface area contributed by atoms with Gasteiger partial charge in [-0.15, -0.1) is 11.3 Å². The molecule has 0 atom stereocenters. The zero-order chi connectivity index (χ0) is 19.1. The third kappa shape index (κ3) is 5.20. The minimum Gasteiger partial charge on any atom is -0.380 e. The monoisotopic (exact) mass is 390 g/mol. The minimum atomic E-state index is -0.235. The molecular weight excluding hydrogens is 363 g/mol. The highest BCUT2D eigenvalue weighted by Crippen LogP contribution is 2.22. The molecule has 1 aliphatic heterocycles. The summed E-state index contributed by atoms with van der Waals surface area (Å²) >= 11 is 1.78. The lowest BCUT2D eigenvalue weighted by Gasteiger charge is -2.37. The van der Waals surface area contributed by atoms with Crippen molar-refractivity contribution in [3.63, 3.8) is 0 Å². The number of aliphatic imine (C=N–C) groups is 1. The van der Waals surface area contributed by atoms with Gasteiger partial charge in [-0.3, -0.25) is 0 Å². The van der Waals surface area contributed by atoms with E-state index in [1.54, 1.807) is 24.5 Å². The fraction of sp³-hybridized carbons (Fsp3) is 0.450. The van der Waals surface area contributed by atoms with Gasteiger partial charge in [0.1, 0.15) is 5.82 Å². The summed E-state index contributed by atoms with van der Waals surface area (Å²) in [5.41, 5.74) is 1.55. The van der Waals surface area contributed by atoms with Crippen molar-refractivity contribution in [1.29, 1.82) is 0 Å². The van der Waals surface area contributed by atoms with Gasteiger partial charge in [-0.05, 0) is 42.1 Å². The van der Waals surface area contributed by atoms with Gasteiger partial charge in [-0.2, -0.15) is 0 Å². The van der Waals surface area contributed by atoms with Gasteiger partial charge in [0.05, 0.1) is 18.2 Å². The largest absolute Gasteiger partial charge is 0.380 e. The summed E-state index contributed by atoms with van der Waals surface area (Å²) in [6, 6.07) is 9.38. The summed E-state index contributed by atoms with van der Waals surface area (Å²) in [6.07, 6.45) is 0. The van der Waals surface area contributed by atoms with Crippen LogP contribution < -0.4 is 10.2 Å². The molecule has 27 heavy (non-hydrogen) atoms. The zero-order valence-corrected chi connectivity index (χ0v) is 16.8. The summed E-state index contributed by atoms with van der Waals surface area (Å²) in [7, 11) is 1.57. The summed E-state index contributed by atoms with van der Waals surface area (Å²) in [4.78, 5) is 9.50. The van der Waals surface area contributed by atoms with Gasteiger partial charge in [-0.25, -0.2) is 9.38 Å². The number of benzene rings is 1. The Kier molecular flexibility index (Phi) is 7.06. The fourth-order valence-electron chi connectivity index (χ4n) is 3.17. The van der Waals surface area contributed by atoms with Crippen LogP contribution in [0.1, 0.15) is 18.1 Å². The van der Waals surface area contributed by atoms with E-state index in [0.717, 1.165) is 44.2 Å². The molecule has 146 valence electrons. The number of methoxy groups -OCH3 is 1. The van der Waals surface area contributed by atoms with Crippen molar-refractivity contribution in [3.05, 3.63) is 52.7 Å². The minimum absolute atomic E-state index is 0.235. The van der Waals surface area contributed by atoms with E-state index in [0.29, 0.717) is 12.1 Å². The van der Waals surface area contributed by atoms with E-state index in [9.17, 15) is 4.39 Å². The highest BCUT2D eigenvalue weighted by molar-refractivity contribution is 7.14. The first-order chi connectivity index (χ1) is 13.2. The molecule has 1 fully saturated rings. The van der Waals surface area contributed by atoms with Gasteiger partial charge in [0, 0.05) is 45.4 Å². The molecule has 0 unspecified atom stereocenters. The van der Waals surface area contributed by atoms with Gasteiger partial charge < -0.3 is 19.9 Å². The molecule has 0 bridgehead atoms. The van der Waals surface area contributed by atoms with Gasteiger partial charge in [0.2, 0.25) is 0 Å². The molecule has 2 heterocycles. The number of rotatable bonds is 6. The third-order valence-corrected chi connectivity index (χ3v) is 5.48. The van der Waals surface area contributed by atoms with E-state index in [1.807, 2.05) is 6.07 Å². The van der Waals surface area contributed by atoms with Crippen LogP contribution in [-0.2, 0) is 17.9 Å². The van der Waals surface area contributed by atoms with Crippen LogP contribution in [0.4, 0.5) is 9.39 Å². The number of thiophene rings is 1. The Morgan fingerprint density at radius 2 is 2.07 bits per heavy atom. The van der Waals surface area contributed by atoms with Crippen molar-refractivity contribution < 1.29 is 9.13 Å². The molecule has 7 heteroatoms. The number of ether oxygens (including phenoxy) is 1. The molecule has 0 spiro atoms. The van der Waals surface area contributed by atoms with Gasteiger partial charge in [0.15, 0.2) is 5.96 Å². The number of piperazine rings is 1. The van der Waals surface area contributed by atoms with E-state index in [1.165, 1.54) is 11.1 Å². The average Bonchev–Trinajstić information content (AvgIpc) is 3.22. The topological polar surface area (TPSA) is 40.1 Å². The van der Waals surface area contributed by atoms with E-state index in [4.69, 9.17) is 9.73 Å². The number of hydrogen-bond acceptors (Lipinski definition) is 4. The van der Waals surface area contributed by atoms with E-state index in [-0.39, 0.29) is 12.4 Å². The third-order valence-electron chi connectivity index (χ3n) is 4.55. The second-order valence-corrected chi connectivity index (χ2v) is 7.38. The van der Waals surface area contributed by atoms with Crippen LogP contribution in [0.25, 0.3) is 0 Å². The summed E-state index contributed by atoms with van der Waals surface area (Å²) in [6.45, 7) is 7.52. The molecule has 0 aliphatic carbocycles. The van der Waals surface area contributed by atoms with Crippen LogP contribution in [0.5, 0.6) is 0 Å². The summed E-state index contributed by atoms with van der Waals surface area (Å²) in [5.74, 6) is 0.683. The average molecular weight is 391 g/mol. The molecule has 1 aliphatic rings. The number of anilines is 1. The normalized spacial score (nSPS) is 15.3. The van der Waals surface area contributed by atoms with Crippen molar-refractivity contribution in [2.24, 2.45) is 4.99 Å². The second kappa shape index (κ2) is 9.71. The van der Waals surface area contributed by atoms with E-state index >= 15 is 0 Å². The lowest BCUT2D eigenvalue weighted by Crippen LogP contribution is -2.52. The summed E-state index contributed by atoms with van der Waals surface area (Å²) < 4.78 is 18.8. The predicted molar refractivity (Wildman–Crippen MR) is 110 cm³/mol. The first kappa shape index (κ1) is 19.6. The molecule has 1 aromatic carbocycles. The van der Waals surface area contributed by atoms with Crippen LogP contribution in [0, 0.1) is 5.82 Å². The number of hydrogen-bond donors (Lipinski definition) is 1. The molecule has 2 aromatic rings. The van der Waals surface area contributed by atoms with E-state index in [2.05, 4.69) is 39.6 Å². The first-order valence-electron chi connectivity index (χ1n) is 9.29. The molecule has 1 N–H and O–H groups in total. The SMILES string of the molecule is CCNC(=NCc1ccc(F)c(COC)c1)N1CCN(c2cccs2)CC1. The summed E-state index contributed by atoms with van der Waals surface area (Å²) in [5, 5.41) is 6.83. The molecule has 0 saturated carbocycles. The van der Waals surface area contributed by atoms with E-state index < -0.39 is 0 Å². The Morgan fingerprint density at radius 1 is 1.26 bits per heavy atom. The smallest absolute Gasteiger partial charge is 0.194 e. The molecule has 1 saturated heterocycles. The quantitative estimate of drug-likeness (QED) is 0.607. The highest BCUT2D eigenvalue weighted by atomic mass is 32.1. The molecule has 0 amide bonds. The van der Waals surface area contributed by atoms with Crippen molar-refractivity contribution >= 4 is 22.3 Å². The van der Waals surface area contributed by atoms with Crippen molar-refractivity contribution in [3.8, 4) is 0 Å². The molecule has 0 radical (unpaired) electrons. The Balaban J connectivity index is 1.64. The molecule has 1 aromatic heterocycles. The van der Waals surface area contributed by atoms with Crippen LogP contribution >= 0.6 is 11.3 Å². The van der Waals surface area contributed by atoms with Crippen molar-refractivity contribution in [1.82, 2.24) is 10.2 Å². The number of nitrogens with zero attached hydrogens (tertiary/aromatic N) is 3. The molecule has 5 nitrogen and oxygen atoms in total. The maximum atomic E-state index is 13.8. The Hall–Kier alpha value is -2.12. The fourth-order valence-corrected chi connectivity index (χ4v) is 3.96. The number of halogens is 1. The lowest BCUT2D eigenvalue weighted by molar-refractivity contribution is 0.181. The highest BCUT2D eigenvalue weighted by Gasteiger charge is 2.20. The van der Waals surface area contributed by atoms with Gasteiger partial charge in [0.25, 0.3) is 0 Å².